The number of thiol groups is 1. The molecule has 4 atom stereocenters. The highest BCUT2D eigenvalue weighted by Gasteiger charge is 2.63. The first-order chi connectivity index (χ1) is 18.2. The number of carbonyl (C=O) groups is 3. The molecule has 3 saturated heterocycles. The van der Waals surface area contributed by atoms with Gasteiger partial charge in [-0.1, -0.05) is 26.0 Å². The summed E-state index contributed by atoms with van der Waals surface area (Å²) in [7, 11) is 3.26. The molecule has 2 amide bonds. The van der Waals surface area contributed by atoms with Crippen LogP contribution in [-0.2, 0) is 23.8 Å². The van der Waals surface area contributed by atoms with Gasteiger partial charge in [-0.2, -0.15) is 0 Å². The third-order valence-electron chi connectivity index (χ3n) is 8.04. The number of ether oxygens (including phenoxy) is 3. The summed E-state index contributed by atoms with van der Waals surface area (Å²) in [6, 6.07) is 6.91. The van der Waals surface area contributed by atoms with Crippen molar-refractivity contribution in [1.82, 2.24) is 15.1 Å². The summed E-state index contributed by atoms with van der Waals surface area (Å²) in [5.74, 6) is -0.317. The molecule has 0 saturated carbocycles. The molecule has 1 N–H and O–H groups in total. The van der Waals surface area contributed by atoms with Gasteiger partial charge in [-0.15, -0.1) is 12.6 Å². The van der Waals surface area contributed by atoms with Crippen molar-refractivity contribution in [2.75, 3.05) is 53.6 Å². The lowest BCUT2D eigenvalue weighted by molar-refractivity contribution is -0.139. The lowest BCUT2D eigenvalue weighted by Gasteiger charge is -2.34. The number of hydrogen-bond donors (Lipinski definition) is 2. The molecule has 0 bridgehead atoms. The number of hydrogen-bond acceptors (Lipinski definition) is 8. The first-order valence-corrected chi connectivity index (χ1v) is 14.0. The van der Waals surface area contributed by atoms with Crippen LogP contribution in [-0.4, -0.2) is 104 Å². The van der Waals surface area contributed by atoms with Gasteiger partial charge in [0.15, 0.2) is 10.7 Å². The lowest BCUT2D eigenvalue weighted by Crippen LogP contribution is -2.57. The first-order valence-electron chi connectivity index (χ1n) is 13.5. The molecule has 3 heterocycles. The Morgan fingerprint density at radius 1 is 1.18 bits per heavy atom. The number of benzene rings is 1. The summed E-state index contributed by atoms with van der Waals surface area (Å²) < 4.78 is 16.3. The van der Waals surface area contributed by atoms with Crippen molar-refractivity contribution < 1.29 is 28.6 Å². The van der Waals surface area contributed by atoms with Crippen molar-refractivity contribution in [3.8, 4) is 0 Å². The van der Waals surface area contributed by atoms with E-state index in [4.69, 9.17) is 14.2 Å². The molecule has 0 aromatic heterocycles. The SMILES string of the molecule is COCCN1CCC(c2ccc(C(=O)N[C@@H](CC(C)C)C(=O)N3C[C@H](OC)[C@H]4OCC(=O)C43S)cc2)CC1. The zero-order chi connectivity index (χ0) is 27.4. The second kappa shape index (κ2) is 12.5. The van der Waals surface area contributed by atoms with Crippen LogP contribution in [0, 0.1) is 5.92 Å². The van der Waals surface area contributed by atoms with Crippen LogP contribution in [0.5, 0.6) is 0 Å². The number of Topliss-reactive ketones (excluding diaryl/α,β-unsaturated/α-hetero) is 1. The quantitative estimate of drug-likeness (QED) is 0.433. The molecule has 1 aromatic carbocycles. The number of carbonyl (C=O) groups excluding carboxylic acids is 3. The molecule has 3 aliphatic rings. The number of likely N-dealkylation sites (tertiary alicyclic amines) is 2. The number of amides is 2. The minimum absolute atomic E-state index is 0.114. The highest BCUT2D eigenvalue weighted by Crippen LogP contribution is 2.42. The molecular weight excluding hydrogens is 506 g/mol. The van der Waals surface area contributed by atoms with Crippen LogP contribution < -0.4 is 5.32 Å². The molecule has 38 heavy (non-hydrogen) atoms. The number of nitrogens with one attached hydrogen (secondary N) is 1. The average Bonchev–Trinajstić information content (AvgIpc) is 3.38. The topological polar surface area (TPSA) is 97.4 Å². The molecule has 210 valence electrons. The maximum atomic E-state index is 13.7. The van der Waals surface area contributed by atoms with Crippen LogP contribution in [0.4, 0.5) is 0 Å². The molecule has 10 heteroatoms. The highest BCUT2D eigenvalue weighted by molar-refractivity contribution is 7.82. The van der Waals surface area contributed by atoms with E-state index in [0.29, 0.717) is 17.9 Å². The Morgan fingerprint density at radius 2 is 1.87 bits per heavy atom. The zero-order valence-corrected chi connectivity index (χ0v) is 23.7. The van der Waals surface area contributed by atoms with Crippen molar-refractivity contribution in [1.29, 1.82) is 0 Å². The summed E-state index contributed by atoms with van der Waals surface area (Å²) >= 11 is 4.64. The minimum Gasteiger partial charge on any atom is -0.383 e. The first kappa shape index (κ1) is 29.0. The Morgan fingerprint density at radius 3 is 2.47 bits per heavy atom. The van der Waals surface area contributed by atoms with Crippen molar-refractivity contribution in [2.45, 2.75) is 62.1 Å². The van der Waals surface area contributed by atoms with E-state index in [1.54, 1.807) is 7.11 Å². The number of nitrogens with zero attached hydrogens (tertiary/aromatic N) is 2. The van der Waals surface area contributed by atoms with E-state index in [-0.39, 0.29) is 36.7 Å². The van der Waals surface area contributed by atoms with Gasteiger partial charge in [0.2, 0.25) is 5.91 Å². The minimum atomic E-state index is -1.39. The fraction of sp³-hybridized carbons (Fsp3) is 0.679. The predicted molar refractivity (Wildman–Crippen MR) is 146 cm³/mol. The summed E-state index contributed by atoms with van der Waals surface area (Å²) in [6.45, 7) is 7.83. The predicted octanol–water partition coefficient (Wildman–Crippen LogP) is 2.11. The van der Waals surface area contributed by atoms with Gasteiger partial charge in [-0.05, 0) is 61.9 Å². The number of methoxy groups -OCH3 is 2. The fourth-order valence-electron chi connectivity index (χ4n) is 5.83. The van der Waals surface area contributed by atoms with E-state index in [9.17, 15) is 14.4 Å². The van der Waals surface area contributed by atoms with E-state index in [2.05, 4.69) is 22.8 Å². The third-order valence-corrected chi connectivity index (χ3v) is 8.78. The molecule has 3 fully saturated rings. The second-order valence-corrected chi connectivity index (χ2v) is 11.7. The molecule has 0 radical (unpaired) electrons. The van der Waals surface area contributed by atoms with E-state index >= 15 is 0 Å². The highest BCUT2D eigenvalue weighted by atomic mass is 32.1. The van der Waals surface area contributed by atoms with Crippen molar-refractivity contribution >= 4 is 30.2 Å². The summed E-state index contributed by atoms with van der Waals surface area (Å²) in [5, 5.41) is 2.93. The number of ketones is 1. The van der Waals surface area contributed by atoms with Crippen LogP contribution in [0.25, 0.3) is 0 Å². The zero-order valence-electron chi connectivity index (χ0n) is 22.9. The molecule has 4 rings (SSSR count). The van der Waals surface area contributed by atoms with Crippen molar-refractivity contribution in [3.05, 3.63) is 35.4 Å². The van der Waals surface area contributed by atoms with Crippen LogP contribution in [0.15, 0.2) is 24.3 Å². The van der Waals surface area contributed by atoms with Crippen LogP contribution in [0.3, 0.4) is 0 Å². The monoisotopic (exact) mass is 547 g/mol. The Bertz CT molecular complexity index is 997. The van der Waals surface area contributed by atoms with E-state index < -0.39 is 23.1 Å². The molecule has 0 spiro atoms. The van der Waals surface area contributed by atoms with Crippen molar-refractivity contribution in [3.63, 3.8) is 0 Å². The fourth-order valence-corrected chi connectivity index (χ4v) is 6.31. The number of fused-ring (bicyclic) bond motifs is 1. The Hall–Kier alpha value is -1.98. The normalized spacial score (nSPS) is 27.1. The number of rotatable bonds is 10. The van der Waals surface area contributed by atoms with Gasteiger partial charge < -0.3 is 29.3 Å². The van der Waals surface area contributed by atoms with Gasteiger partial charge in [-0.25, -0.2) is 0 Å². The Balaban J connectivity index is 1.42. The van der Waals surface area contributed by atoms with Gasteiger partial charge in [0.1, 0.15) is 24.9 Å². The van der Waals surface area contributed by atoms with Crippen LogP contribution in [0.2, 0.25) is 0 Å². The van der Waals surface area contributed by atoms with Crippen LogP contribution >= 0.6 is 12.6 Å². The summed E-state index contributed by atoms with van der Waals surface area (Å²) in [5.41, 5.74) is 1.73. The van der Waals surface area contributed by atoms with Gasteiger partial charge in [0.25, 0.3) is 5.91 Å². The molecule has 0 aliphatic carbocycles. The van der Waals surface area contributed by atoms with Gasteiger partial charge >= 0.3 is 0 Å². The molecule has 3 aliphatic heterocycles. The lowest BCUT2D eigenvalue weighted by atomic mass is 9.89. The van der Waals surface area contributed by atoms with Crippen molar-refractivity contribution in [2.24, 2.45) is 5.92 Å². The maximum absolute atomic E-state index is 13.7. The summed E-state index contributed by atoms with van der Waals surface area (Å²) in [6.07, 6.45) is 1.49. The largest absolute Gasteiger partial charge is 0.383 e. The maximum Gasteiger partial charge on any atom is 0.251 e. The molecular formula is C28H41N3O6S. The standard InChI is InChI=1S/C28H41N3O6S/c1-18(2)15-22(27(34)31-16-23(36-4)25-28(31,38)24(32)17-37-25)29-26(33)21-7-5-19(6-8-21)20-9-11-30(12-10-20)13-14-35-3/h5-8,18,20,22-23,25,38H,9-17H2,1-4H3,(H,29,33)/t22-,23-,25+,28?/m0/s1. The van der Waals surface area contributed by atoms with E-state index in [0.717, 1.165) is 39.1 Å². The smallest absolute Gasteiger partial charge is 0.251 e. The molecule has 1 aromatic rings. The average molecular weight is 548 g/mol. The van der Waals surface area contributed by atoms with Crippen LogP contribution in [0.1, 0.15) is 54.9 Å². The van der Waals surface area contributed by atoms with Gasteiger partial charge in [-0.3, -0.25) is 14.4 Å². The van der Waals surface area contributed by atoms with Gasteiger partial charge in [0.05, 0.1) is 13.2 Å². The van der Waals surface area contributed by atoms with E-state index in [1.807, 2.05) is 38.1 Å². The van der Waals surface area contributed by atoms with E-state index in [1.165, 1.54) is 17.6 Å². The Kier molecular flexibility index (Phi) is 9.52. The Labute approximate surface area is 230 Å². The number of piperidine rings is 1. The third kappa shape index (κ3) is 5.94. The van der Waals surface area contributed by atoms with Gasteiger partial charge in [0, 0.05) is 26.3 Å². The summed E-state index contributed by atoms with van der Waals surface area (Å²) in [4.78, 5) is 42.2. The molecule has 9 nitrogen and oxygen atoms in total. The second-order valence-electron chi connectivity index (χ2n) is 11.0. The molecule has 1 unspecified atom stereocenters.